The molecular formula is C12H12FN3O. The summed E-state index contributed by atoms with van der Waals surface area (Å²) in [6, 6.07) is 7.77. The minimum absolute atomic E-state index is 0.355. The maximum absolute atomic E-state index is 13.0. The summed E-state index contributed by atoms with van der Waals surface area (Å²) in [4.78, 5) is 3.95. The number of halogens is 1. The van der Waals surface area contributed by atoms with E-state index in [9.17, 15) is 4.39 Å². The smallest absolute Gasteiger partial charge is 0.147 e. The van der Waals surface area contributed by atoms with E-state index in [0.29, 0.717) is 22.9 Å². The molecule has 2 aromatic rings. The van der Waals surface area contributed by atoms with E-state index >= 15 is 0 Å². The van der Waals surface area contributed by atoms with Crippen molar-refractivity contribution in [2.45, 2.75) is 0 Å². The van der Waals surface area contributed by atoms with Crippen LogP contribution in [-0.4, -0.2) is 12.1 Å². The number of rotatable bonds is 3. The van der Waals surface area contributed by atoms with Crippen molar-refractivity contribution in [3.63, 3.8) is 0 Å². The standard InChI is InChI=1S/C12H12FN3O/c1-17-11-7-8(13)4-5-9(11)16-10-3-2-6-15-12(10)14/h2-7,16H,1H3,(H2,14,15). The number of methoxy groups -OCH3 is 1. The highest BCUT2D eigenvalue weighted by Crippen LogP contribution is 2.29. The number of pyridine rings is 1. The molecule has 0 saturated carbocycles. The SMILES string of the molecule is COc1cc(F)ccc1Nc1cccnc1N. The third kappa shape index (κ3) is 2.44. The molecule has 0 unspecified atom stereocenters. The van der Waals surface area contributed by atoms with Crippen molar-refractivity contribution in [3.05, 3.63) is 42.3 Å². The predicted molar refractivity (Wildman–Crippen MR) is 64.9 cm³/mol. The summed E-state index contributed by atoms with van der Waals surface area (Å²) in [5.41, 5.74) is 6.98. The molecule has 2 rings (SSSR count). The van der Waals surface area contributed by atoms with E-state index in [0.717, 1.165) is 0 Å². The highest BCUT2D eigenvalue weighted by atomic mass is 19.1. The second kappa shape index (κ2) is 4.69. The first-order valence-electron chi connectivity index (χ1n) is 5.02. The molecule has 5 heteroatoms. The lowest BCUT2D eigenvalue weighted by Crippen LogP contribution is -2.00. The first-order chi connectivity index (χ1) is 8.20. The van der Waals surface area contributed by atoms with E-state index in [1.165, 1.54) is 19.2 Å². The van der Waals surface area contributed by atoms with Gasteiger partial charge in [-0.3, -0.25) is 0 Å². The van der Waals surface area contributed by atoms with Crippen LogP contribution in [0.15, 0.2) is 36.5 Å². The first-order valence-corrected chi connectivity index (χ1v) is 5.02. The van der Waals surface area contributed by atoms with E-state index in [-0.39, 0.29) is 5.82 Å². The van der Waals surface area contributed by atoms with Crippen molar-refractivity contribution in [1.29, 1.82) is 0 Å². The zero-order valence-corrected chi connectivity index (χ0v) is 9.27. The van der Waals surface area contributed by atoms with Crippen molar-refractivity contribution in [2.24, 2.45) is 0 Å². The van der Waals surface area contributed by atoms with Crippen molar-refractivity contribution in [1.82, 2.24) is 4.98 Å². The number of nitrogens with one attached hydrogen (secondary N) is 1. The van der Waals surface area contributed by atoms with Crippen LogP contribution in [0.3, 0.4) is 0 Å². The van der Waals surface area contributed by atoms with Gasteiger partial charge in [0.25, 0.3) is 0 Å². The number of benzene rings is 1. The summed E-state index contributed by atoms with van der Waals surface area (Å²) >= 11 is 0. The lowest BCUT2D eigenvalue weighted by Gasteiger charge is -2.12. The van der Waals surface area contributed by atoms with Gasteiger partial charge in [-0.1, -0.05) is 0 Å². The van der Waals surface area contributed by atoms with Gasteiger partial charge in [0.05, 0.1) is 18.5 Å². The Morgan fingerprint density at radius 2 is 2.12 bits per heavy atom. The number of ether oxygens (including phenoxy) is 1. The van der Waals surface area contributed by atoms with Crippen molar-refractivity contribution >= 4 is 17.2 Å². The molecule has 0 aliphatic rings. The van der Waals surface area contributed by atoms with Crippen LogP contribution in [0.2, 0.25) is 0 Å². The number of nitrogen functional groups attached to an aromatic ring is 1. The molecular weight excluding hydrogens is 221 g/mol. The van der Waals surface area contributed by atoms with Gasteiger partial charge in [-0.15, -0.1) is 0 Å². The summed E-state index contributed by atoms with van der Waals surface area (Å²) in [6.45, 7) is 0. The Bertz CT molecular complexity index is 531. The molecule has 0 spiro atoms. The van der Waals surface area contributed by atoms with Crippen molar-refractivity contribution < 1.29 is 9.13 Å². The number of nitrogens with zero attached hydrogens (tertiary/aromatic N) is 1. The van der Waals surface area contributed by atoms with Gasteiger partial charge in [-0.2, -0.15) is 0 Å². The zero-order chi connectivity index (χ0) is 12.3. The Balaban J connectivity index is 2.33. The first kappa shape index (κ1) is 11.2. The van der Waals surface area contributed by atoms with Gasteiger partial charge in [-0.05, 0) is 24.3 Å². The van der Waals surface area contributed by atoms with Crippen LogP contribution in [0.5, 0.6) is 5.75 Å². The van der Waals surface area contributed by atoms with E-state index < -0.39 is 0 Å². The van der Waals surface area contributed by atoms with E-state index in [1.54, 1.807) is 24.4 Å². The molecule has 1 aromatic carbocycles. The monoisotopic (exact) mass is 233 g/mol. The lowest BCUT2D eigenvalue weighted by molar-refractivity contribution is 0.413. The van der Waals surface area contributed by atoms with Crippen LogP contribution < -0.4 is 15.8 Å². The van der Waals surface area contributed by atoms with Gasteiger partial charge in [0.1, 0.15) is 17.4 Å². The van der Waals surface area contributed by atoms with E-state index in [2.05, 4.69) is 10.3 Å². The van der Waals surface area contributed by atoms with Crippen LogP contribution in [0, 0.1) is 5.82 Å². The number of anilines is 3. The van der Waals surface area contributed by atoms with Gasteiger partial charge in [0.2, 0.25) is 0 Å². The normalized spacial score (nSPS) is 10.0. The van der Waals surface area contributed by atoms with Crippen LogP contribution in [0.25, 0.3) is 0 Å². The second-order valence-corrected chi connectivity index (χ2v) is 3.41. The zero-order valence-electron chi connectivity index (χ0n) is 9.27. The second-order valence-electron chi connectivity index (χ2n) is 3.41. The van der Waals surface area contributed by atoms with Crippen molar-refractivity contribution in [2.75, 3.05) is 18.2 Å². The molecule has 17 heavy (non-hydrogen) atoms. The summed E-state index contributed by atoms with van der Waals surface area (Å²) in [5, 5.41) is 3.04. The van der Waals surface area contributed by atoms with Gasteiger partial charge in [-0.25, -0.2) is 9.37 Å². The molecule has 3 N–H and O–H groups in total. The molecule has 0 radical (unpaired) electrons. The topological polar surface area (TPSA) is 60.2 Å². The molecule has 0 amide bonds. The summed E-state index contributed by atoms with van der Waals surface area (Å²) in [6.07, 6.45) is 1.60. The highest BCUT2D eigenvalue weighted by molar-refractivity contribution is 5.72. The third-order valence-electron chi connectivity index (χ3n) is 2.27. The van der Waals surface area contributed by atoms with Gasteiger partial charge >= 0.3 is 0 Å². The molecule has 0 saturated heterocycles. The summed E-state index contributed by atoms with van der Waals surface area (Å²) in [5.74, 6) is 0.429. The van der Waals surface area contributed by atoms with Crippen LogP contribution >= 0.6 is 0 Å². The Kier molecular flexibility index (Phi) is 3.09. The minimum Gasteiger partial charge on any atom is -0.494 e. The molecule has 0 bridgehead atoms. The molecule has 0 fully saturated rings. The Morgan fingerprint density at radius 1 is 1.29 bits per heavy atom. The van der Waals surface area contributed by atoms with E-state index in [1.807, 2.05) is 0 Å². The molecule has 0 atom stereocenters. The molecule has 4 nitrogen and oxygen atoms in total. The van der Waals surface area contributed by atoms with Crippen LogP contribution in [-0.2, 0) is 0 Å². The fraction of sp³-hybridized carbons (Fsp3) is 0.0833. The maximum atomic E-state index is 13.0. The van der Waals surface area contributed by atoms with Crippen LogP contribution in [0.4, 0.5) is 21.6 Å². The van der Waals surface area contributed by atoms with Gasteiger partial charge in [0, 0.05) is 12.3 Å². The Labute approximate surface area is 98.2 Å². The number of nitrogens with two attached hydrogens (primary N) is 1. The number of hydrogen-bond acceptors (Lipinski definition) is 4. The molecule has 0 aliphatic carbocycles. The summed E-state index contributed by atoms with van der Waals surface area (Å²) < 4.78 is 18.1. The van der Waals surface area contributed by atoms with Crippen LogP contribution in [0.1, 0.15) is 0 Å². The Morgan fingerprint density at radius 3 is 2.82 bits per heavy atom. The molecule has 0 aliphatic heterocycles. The molecule has 1 heterocycles. The summed E-state index contributed by atoms with van der Waals surface area (Å²) in [7, 11) is 1.48. The van der Waals surface area contributed by atoms with Crippen molar-refractivity contribution in [3.8, 4) is 5.75 Å². The Hall–Kier alpha value is -2.30. The average Bonchev–Trinajstić information content (AvgIpc) is 2.34. The average molecular weight is 233 g/mol. The third-order valence-corrected chi connectivity index (χ3v) is 2.27. The van der Waals surface area contributed by atoms with Gasteiger partial charge < -0.3 is 15.8 Å². The maximum Gasteiger partial charge on any atom is 0.147 e. The number of hydrogen-bond donors (Lipinski definition) is 2. The lowest BCUT2D eigenvalue weighted by atomic mass is 10.2. The molecule has 1 aromatic heterocycles. The minimum atomic E-state index is -0.355. The number of aromatic nitrogens is 1. The quantitative estimate of drug-likeness (QED) is 0.855. The van der Waals surface area contributed by atoms with E-state index in [4.69, 9.17) is 10.5 Å². The largest absolute Gasteiger partial charge is 0.494 e. The fourth-order valence-electron chi connectivity index (χ4n) is 1.44. The molecule has 88 valence electrons. The highest BCUT2D eigenvalue weighted by Gasteiger charge is 2.06. The predicted octanol–water partition coefficient (Wildman–Crippen LogP) is 2.56. The fourth-order valence-corrected chi connectivity index (χ4v) is 1.44. The van der Waals surface area contributed by atoms with Gasteiger partial charge in [0.15, 0.2) is 0 Å².